The summed E-state index contributed by atoms with van der Waals surface area (Å²) >= 11 is 0. The Hall–Kier alpha value is -2.44. The third-order valence-corrected chi connectivity index (χ3v) is 2.77. The quantitative estimate of drug-likeness (QED) is 0.822. The summed E-state index contributed by atoms with van der Waals surface area (Å²) in [6.07, 6.45) is 4.60. The van der Waals surface area contributed by atoms with Crippen LogP contribution in [0.25, 0.3) is 5.82 Å². The van der Waals surface area contributed by atoms with E-state index in [9.17, 15) is 9.59 Å². The van der Waals surface area contributed by atoms with E-state index in [1.807, 2.05) is 0 Å². The Morgan fingerprint density at radius 3 is 2.89 bits per heavy atom. The molecule has 0 radical (unpaired) electrons. The fourth-order valence-corrected chi connectivity index (χ4v) is 1.69. The zero-order valence-corrected chi connectivity index (χ0v) is 9.33. The minimum atomic E-state index is -1.06. The molecule has 18 heavy (non-hydrogen) atoms. The van der Waals surface area contributed by atoms with E-state index in [1.165, 1.54) is 23.1 Å². The van der Waals surface area contributed by atoms with Gasteiger partial charge in [0.15, 0.2) is 5.82 Å². The largest absolute Gasteiger partial charge is 0.478 e. The van der Waals surface area contributed by atoms with Crippen molar-refractivity contribution in [2.24, 2.45) is 0 Å². The van der Waals surface area contributed by atoms with Crippen LogP contribution in [0.5, 0.6) is 0 Å². The Kier molecular flexibility index (Phi) is 2.26. The maximum absolute atomic E-state index is 11.5. The summed E-state index contributed by atoms with van der Waals surface area (Å²) in [6.45, 7) is 0. The highest BCUT2D eigenvalue weighted by Crippen LogP contribution is 2.37. The van der Waals surface area contributed by atoms with Crippen molar-refractivity contribution in [3.8, 4) is 5.82 Å². The molecule has 1 aliphatic carbocycles. The van der Waals surface area contributed by atoms with E-state index in [2.05, 4.69) is 15.1 Å². The molecule has 0 aromatic carbocycles. The molecule has 7 nitrogen and oxygen atoms in total. The molecule has 92 valence electrons. The first-order valence-corrected chi connectivity index (χ1v) is 5.53. The zero-order valence-electron chi connectivity index (χ0n) is 9.33. The van der Waals surface area contributed by atoms with E-state index in [1.54, 1.807) is 0 Å². The summed E-state index contributed by atoms with van der Waals surface area (Å²) in [6, 6.07) is 1.30. The Balaban J connectivity index is 2.04. The zero-order chi connectivity index (χ0) is 12.7. The van der Waals surface area contributed by atoms with Crippen molar-refractivity contribution >= 4 is 5.97 Å². The first kappa shape index (κ1) is 10.7. The summed E-state index contributed by atoms with van der Waals surface area (Å²) in [5.74, 6) is 0.235. The van der Waals surface area contributed by atoms with Gasteiger partial charge < -0.3 is 10.1 Å². The van der Waals surface area contributed by atoms with Crippen molar-refractivity contribution in [3.63, 3.8) is 0 Å². The van der Waals surface area contributed by atoms with Gasteiger partial charge in [0.2, 0.25) is 0 Å². The fraction of sp³-hybridized carbons (Fsp3) is 0.273. The summed E-state index contributed by atoms with van der Waals surface area (Å²) in [5, 5.41) is 12.7. The first-order valence-electron chi connectivity index (χ1n) is 5.53. The van der Waals surface area contributed by atoms with Crippen LogP contribution in [0, 0.1) is 0 Å². The number of carboxylic acid groups (broad SMARTS) is 1. The number of hydrogen-bond donors (Lipinski definition) is 2. The van der Waals surface area contributed by atoms with Crippen molar-refractivity contribution in [2.45, 2.75) is 18.8 Å². The van der Waals surface area contributed by atoms with Crippen molar-refractivity contribution in [1.29, 1.82) is 0 Å². The van der Waals surface area contributed by atoms with Crippen LogP contribution >= 0.6 is 0 Å². The average molecular weight is 246 g/mol. The van der Waals surface area contributed by atoms with Gasteiger partial charge in [0.25, 0.3) is 5.56 Å². The molecule has 2 aromatic rings. The van der Waals surface area contributed by atoms with Crippen molar-refractivity contribution in [2.75, 3.05) is 0 Å². The predicted molar refractivity (Wildman–Crippen MR) is 60.9 cm³/mol. The van der Waals surface area contributed by atoms with E-state index in [0.29, 0.717) is 17.6 Å². The third-order valence-electron chi connectivity index (χ3n) is 2.77. The van der Waals surface area contributed by atoms with Crippen LogP contribution in [0.4, 0.5) is 0 Å². The molecule has 0 amide bonds. The van der Waals surface area contributed by atoms with E-state index in [4.69, 9.17) is 5.11 Å². The van der Waals surface area contributed by atoms with Gasteiger partial charge in [-0.1, -0.05) is 0 Å². The smallest absolute Gasteiger partial charge is 0.338 e. The maximum atomic E-state index is 11.5. The lowest BCUT2D eigenvalue weighted by Crippen LogP contribution is -2.13. The molecule has 2 heterocycles. The second-order valence-corrected chi connectivity index (χ2v) is 4.24. The van der Waals surface area contributed by atoms with Crippen LogP contribution in [-0.2, 0) is 0 Å². The Labute approximate surface area is 101 Å². The Morgan fingerprint density at radius 2 is 2.28 bits per heavy atom. The Bertz CT molecular complexity index is 669. The lowest BCUT2D eigenvalue weighted by Gasteiger charge is -2.02. The molecule has 0 aliphatic heterocycles. The highest BCUT2D eigenvalue weighted by atomic mass is 16.4. The number of nitrogens with zero attached hydrogens (tertiary/aromatic N) is 3. The summed E-state index contributed by atoms with van der Waals surface area (Å²) in [7, 11) is 0. The van der Waals surface area contributed by atoms with Crippen LogP contribution in [0.3, 0.4) is 0 Å². The van der Waals surface area contributed by atoms with Gasteiger partial charge in [0.1, 0.15) is 5.82 Å². The van der Waals surface area contributed by atoms with E-state index in [0.717, 1.165) is 12.8 Å². The van der Waals surface area contributed by atoms with Crippen molar-refractivity contribution in [1.82, 2.24) is 19.7 Å². The number of carbonyl (C=O) groups is 1. The SMILES string of the molecule is O=C(O)c1cnn(-c2cc(=O)[nH]c(C3CC3)n2)c1. The predicted octanol–water partition coefficient (Wildman–Crippen LogP) is 0.531. The van der Waals surface area contributed by atoms with Crippen molar-refractivity contribution in [3.05, 3.63) is 40.2 Å². The van der Waals surface area contributed by atoms with Crippen LogP contribution < -0.4 is 5.56 Å². The van der Waals surface area contributed by atoms with Crippen LogP contribution in [0.15, 0.2) is 23.3 Å². The minimum absolute atomic E-state index is 0.0602. The minimum Gasteiger partial charge on any atom is -0.478 e. The number of aromatic carboxylic acids is 1. The molecule has 0 spiro atoms. The van der Waals surface area contributed by atoms with E-state index in [-0.39, 0.29) is 11.1 Å². The summed E-state index contributed by atoms with van der Waals surface area (Å²) in [4.78, 5) is 29.2. The van der Waals surface area contributed by atoms with Gasteiger partial charge in [-0.2, -0.15) is 5.10 Å². The van der Waals surface area contributed by atoms with Crippen LogP contribution in [0.2, 0.25) is 0 Å². The number of aromatic amines is 1. The molecule has 0 atom stereocenters. The van der Waals surface area contributed by atoms with E-state index >= 15 is 0 Å². The molecule has 1 fully saturated rings. The summed E-state index contributed by atoms with van der Waals surface area (Å²) < 4.78 is 1.30. The third kappa shape index (κ3) is 1.90. The highest BCUT2D eigenvalue weighted by Gasteiger charge is 2.26. The summed E-state index contributed by atoms with van der Waals surface area (Å²) in [5.41, 5.74) is -0.195. The van der Waals surface area contributed by atoms with Gasteiger partial charge in [0, 0.05) is 18.2 Å². The second-order valence-electron chi connectivity index (χ2n) is 4.24. The van der Waals surface area contributed by atoms with Gasteiger partial charge >= 0.3 is 5.97 Å². The van der Waals surface area contributed by atoms with Crippen LogP contribution in [-0.4, -0.2) is 30.8 Å². The lowest BCUT2D eigenvalue weighted by molar-refractivity contribution is 0.0697. The molecule has 2 N–H and O–H groups in total. The molecule has 0 saturated heterocycles. The number of rotatable bonds is 3. The number of aromatic nitrogens is 4. The number of carboxylic acids is 1. The molecule has 7 heteroatoms. The van der Waals surface area contributed by atoms with Gasteiger partial charge in [0.05, 0.1) is 11.8 Å². The van der Waals surface area contributed by atoms with Gasteiger partial charge in [-0.05, 0) is 12.8 Å². The maximum Gasteiger partial charge on any atom is 0.338 e. The number of nitrogens with one attached hydrogen (secondary N) is 1. The van der Waals surface area contributed by atoms with Crippen LogP contribution in [0.1, 0.15) is 34.9 Å². The molecule has 0 bridgehead atoms. The average Bonchev–Trinajstić information content (AvgIpc) is 3.05. The molecule has 1 aliphatic rings. The molecule has 3 rings (SSSR count). The van der Waals surface area contributed by atoms with Crippen molar-refractivity contribution < 1.29 is 9.90 Å². The van der Waals surface area contributed by atoms with Gasteiger partial charge in [-0.25, -0.2) is 14.5 Å². The first-order chi connectivity index (χ1) is 8.63. The molecule has 2 aromatic heterocycles. The molecule has 0 unspecified atom stereocenters. The number of H-pyrrole nitrogens is 1. The standard InChI is InChI=1S/C11H10N4O3/c16-9-3-8(13-10(14-9)6-1-2-6)15-5-7(4-12-15)11(17)18/h3-6H,1-2H2,(H,17,18)(H,13,14,16). The van der Waals surface area contributed by atoms with Gasteiger partial charge in [-0.15, -0.1) is 0 Å². The monoisotopic (exact) mass is 246 g/mol. The normalized spacial score (nSPS) is 14.7. The fourth-order valence-electron chi connectivity index (χ4n) is 1.69. The molecular weight excluding hydrogens is 236 g/mol. The topological polar surface area (TPSA) is 101 Å². The van der Waals surface area contributed by atoms with E-state index < -0.39 is 5.97 Å². The van der Waals surface area contributed by atoms with Gasteiger partial charge in [-0.3, -0.25) is 4.79 Å². The highest BCUT2D eigenvalue weighted by molar-refractivity contribution is 5.86. The Morgan fingerprint density at radius 1 is 1.50 bits per heavy atom. The molecule has 1 saturated carbocycles. The number of hydrogen-bond acceptors (Lipinski definition) is 4. The second kappa shape index (κ2) is 3.80. The molecular formula is C11H10N4O3. The lowest BCUT2D eigenvalue weighted by atomic mass is 10.4.